The number of pyridine rings is 1. The zero-order valence-corrected chi connectivity index (χ0v) is 22.0. The molecule has 3 aromatic rings. The average Bonchev–Trinajstić information content (AvgIpc) is 3.63. The minimum absolute atomic E-state index is 0.0193. The average molecular weight is 522 g/mol. The predicted molar refractivity (Wildman–Crippen MR) is 140 cm³/mol. The Hall–Kier alpha value is -3.33. The van der Waals surface area contributed by atoms with Gasteiger partial charge in [-0.15, -0.1) is 0 Å². The van der Waals surface area contributed by atoms with Crippen molar-refractivity contribution in [2.75, 3.05) is 19.6 Å². The van der Waals surface area contributed by atoms with Crippen LogP contribution in [0.3, 0.4) is 0 Å². The van der Waals surface area contributed by atoms with Gasteiger partial charge in [0.15, 0.2) is 5.67 Å². The molecular formula is C29H33F2N5O2. The minimum atomic E-state index is -1.72. The van der Waals surface area contributed by atoms with Crippen molar-refractivity contribution in [1.29, 1.82) is 0 Å². The first-order valence-corrected chi connectivity index (χ1v) is 13.5. The summed E-state index contributed by atoms with van der Waals surface area (Å²) in [6.45, 7) is 6.15. The van der Waals surface area contributed by atoms with Crippen molar-refractivity contribution in [2.45, 2.75) is 63.8 Å². The van der Waals surface area contributed by atoms with E-state index >= 15 is 4.39 Å². The first kappa shape index (κ1) is 25.0. The Labute approximate surface area is 220 Å². The minimum Gasteiger partial charge on any atom is -0.336 e. The SMILES string of the molecule is CCN(C(=O)c1cc(F)ccc1-c1cc(C2(F)CN(C(=O)[C@H]3N[C@@H]4CC[C@H]3C4)C2)cn2cncc12)C(C)C. The fraction of sp³-hybridized carbons (Fsp3) is 0.483. The lowest BCUT2D eigenvalue weighted by Crippen LogP contribution is -2.63. The van der Waals surface area contributed by atoms with Crippen molar-refractivity contribution >= 4 is 17.3 Å². The molecule has 38 heavy (non-hydrogen) atoms. The molecule has 3 fully saturated rings. The van der Waals surface area contributed by atoms with Crippen LogP contribution in [0.2, 0.25) is 0 Å². The molecule has 3 aliphatic rings. The number of fused-ring (bicyclic) bond motifs is 3. The number of hydrogen-bond acceptors (Lipinski definition) is 4. The summed E-state index contributed by atoms with van der Waals surface area (Å²) in [5, 5.41) is 3.41. The lowest BCUT2D eigenvalue weighted by atomic mass is 9.85. The molecule has 1 N–H and O–H groups in total. The maximum absolute atomic E-state index is 16.3. The Bertz CT molecular complexity index is 1410. The monoisotopic (exact) mass is 521 g/mol. The number of benzene rings is 1. The standard InChI is InChI=1S/C29H33F2N5O2/c1-4-36(17(2)3)27(37)24-11-20(30)6-8-22(24)23-10-19(13-34-16-32-12-25(23)34)29(31)14-35(15-29)28(38)26-18-5-7-21(9-18)33-26/h6,8,10-13,16-18,21,26,33H,4-5,7,9,14-15H2,1-3H3/t18-,21+,26-/m0/s1. The maximum Gasteiger partial charge on any atom is 0.254 e. The zero-order chi connectivity index (χ0) is 26.8. The van der Waals surface area contributed by atoms with Crippen molar-refractivity contribution in [3.63, 3.8) is 0 Å². The Morgan fingerprint density at radius 1 is 1.21 bits per heavy atom. The van der Waals surface area contributed by atoms with E-state index in [4.69, 9.17) is 0 Å². The van der Waals surface area contributed by atoms with Gasteiger partial charge in [0.2, 0.25) is 5.91 Å². The number of halogens is 2. The summed E-state index contributed by atoms with van der Waals surface area (Å²) in [5.74, 6) is -0.469. The van der Waals surface area contributed by atoms with E-state index in [1.54, 1.807) is 45.1 Å². The molecule has 4 heterocycles. The van der Waals surface area contributed by atoms with Crippen LogP contribution >= 0.6 is 0 Å². The molecule has 1 aromatic carbocycles. The number of rotatable bonds is 6. The molecule has 0 radical (unpaired) electrons. The summed E-state index contributed by atoms with van der Waals surface area (Å²) in [4.78, 5) is 34.1. The number of imidazole rings is 1. The first-order valence-electron chi connectivity index (χ1n) is 13.5. The van der Waals surface area contributed by atoms with Gasteiger partial charge in [-0.3, -0.25) is 9.59 Å². The number of hydrogen-bond donors (Lipinski definition) is 1. The van der Waals surface area contributed by atoms with Crippen LogP contribution in [0.25, 0.3) is 16.6 Å². The number of aromatic nitrogens is 2. The number of carbonyl (C=O) groups excluding carboxylic acids is 2. The quantitative estimate of drug-likeness (QED) is 0.529. The summed E-state index contributed by atoms with van der Waals surface area (Å²) in [7, 11) is 0. The van der Waals surface area contributed by atoms with Crippen molar-refractivity contribution in [2.24, 2.45) is 5.92 Å². The molecule has 2 bridgehead atoms. The predicted octanol–water partition coefficient (Wildman–Crippen LogP) is 4.16. The lowest BCUT2D eigenvalue weighted by molar-refractivity contribution is -0.149. The highest BCUT2D eigenvalue weighted by molar-refractivity contribution is 6.03. The molecular weight excluding hydrogens is 488 g/mol. The molecule has 0 unspecified atom stereocenters. The van der Waals surface area contributed by atoms with Gasteiger partial charge in [0.1, 0.15) is 5.82 Å². The number of piperidine rings is 1. The van der Waals surface area contributed by atoms with E-state index < -0.39 is 11.5 Å². The van der Waals surface area contributed by atoms with E-state index in [-0.39, 0.29) is 42.6 Å². The van der Waals surface area contributed by atoms with Crippen molar-refractivity contribution < 1.29 is 18.4 Å². The highest BCUT2D eigenvalue weighted by Crippen LogP contribution is 2.42. The molecule has 1 saturated carbocycles. The Morgan fingerprint density at radius 3 is 2.66 bits per heavy atom. The van der Waals surface area contributed by atoms with E-state index in [9.17, 15) is 14.0 Å². The summed E-state index contributed by atoms with van der Waals surface area (Å²) < 4.78 is 32.4. The maximum atomic E-state index is 16.3. The molecule has 7 nitrogen and oxygen atoms in total. The fourth-order valence-electron chi connectivity index (χ4n) is 6.55. The number of nitrogens with one attached hydrogen (secondary N) is 1. The summed E-state index contributed by atoms with van der Waals surface area (Å²) in [6.07, 6.45) is 8.12. The summed E-state index contributed by atoms with van der Waals surface area (Å²) in [6, 6.07) is 6.00. The second kappa shape index (κ2) is 9.15. The molecule has 3 atom stereocenters. The van der Waals surface area contributed by atoms with Crippen LogP contribution in [0, 0.1) is 11.7 Å². The summed E-state index contributed by atoms with van der Waals surface area (Å²) in [5.41, 5.74) is 0.704. The molecule has 200 valence electrons. The van der Waals surface area contributed by atoms with Gasteiger partial charge in [0.25, 0.3) is 5.91 Å². The van der Waals surface area contributed by atoms with E-state index in [2.05, 4.69) is 10.3 Å². The fourth-order valence-corrected chi connectivity index (χ4v) is 6.55. The van der Waals surface area contributed by atoms with Gasteiger partial charge in [-0.2, -0.15) is 0 Å². The molecule has 9 heteroatoms. The Kier molecular flexibility index (Phi) is 6.01. The van der Waals surface area contributed by atoms with Gasteiger partial charge < -0.3 is 19.5 Å². The van der Waals surface area contributed by atoms with Crippen molar-refractivity contribution in [1.82, 2.24) is 24.5 Å². The van der Waals surface area contributed by atoms with Crippen LogP contribution in [0.5, 0.6) is 0 Å². The van der Waals surface area contributed by atoms with Gasteiger partial charge in [-0.05, 0) is 69.7 Å². The first-order chi connectivity index (χ1) is 18.2. The van der Waals surface area contributed by atoms with Crippen LogP contribution in [0.15, 0.2) is 43.0 Å². The highest BCUT2D eigenvalue weighted by Gasteiger charge is 2.52. The van der Waals surface area contributed by atoms with Gasteiger partial charge in [0.05, 0.1) is 42.7 Å². The second-order valence-electron chi connectivity index (χ2n) is 11.3. The van der Waals surface area contributed by atoms with Crippen LogP contribution in [-0.2, 0) is 10.5 Å². The van der Waals surface area contributed by atoms with Gasteiger partial charge in [-0.1, -0.05) is 6.07 Å². The molecule has 2 aliphatic heterocycles. The largest absolute Gasteiger partial charge is 0.336 e. The lowest BCUT2D eigenvalue weighted by Gasteiger charge is -2.46. The van der Waals surface area contributed by atoms with Crippen LogP contribution < -0.4 is 5.32 Å². The Balaban J connectivity index is 1.34. The van der Waals surface area contributed by atoms with Gasteiger partial charge >= 0.3 is 0 Å². The topological polar surface area (TPSA) is 70.0 Å². The highest BCUT2D eigenvalue weighted by atomic mass is 19.1. The molecule has 2 aromatic heterocycles. The van der Waals surface area contributed by atoms with Gasteiger partial charge in [-0.25, -0.2) is 13.8 Å². The third-order valence-electron chi connectivity index (χ3n) is 8.59. The number of amides is 2. The smallest absolute Gasteiger partial charge is 0.254 e. The van der Waals surface area contributed by atoms with Crippen LogP contribution in [0.4, 0.5) is 8.78 Å². The van der Waals surface area contributed by atoms with Crippen molar-refractivity contribution in [3.8, 4) is 11.1 Å². The number of nitrogens with zero attached hydrogens (tertiary/aromatic N) is 4. The van der Waals surface area contributed by atoms with Crippen molar-refractivity contribution in [3.05, 3.63) is 59.9 Å². The summed E-state index contributed by atoms with van der Waals surface area (Å²) >= 11 is 0. The van der Waals surface area contributed by atoms with E-state index in [0.717, 1.165) is 19.3 Å². The number of likely N-dealkylation sites (tertiary alicyclic amines) is 1. The zero-order valence-electron chi connectivity index (χ0n) is 22.0. The van der Waals surface area contributed by atoms with Crippen LogP contribution in [-0.4, -0.2) is 68.8 Å². The van der Waals surface area contributed by atoms with E-state index in [1.807, 2.05) is 20.8 Å². The van der Waals surface area contributed by atoms with Gasteiger partial charge in [0, 0.05) is 36.0 Å². The number of alkyl halides is 1. The third-order valence-corrected chi connectivity index (χ3v) is 8.59. The second-order valence-corrected chi connectivity index (χ2v) is 11.3. The number of carbonyl (C=O) groups is 2. The molecule has 2 amide bonds. The third kappa shape index (κ3) is 3.99. The Morgan fingerprint density at radius 2 is 2.00 bits per heavy atom. The molecule has 6 rings (SSSR count). The normalized spacial score (nSPS) is 23.7. The van der Waals surface area contributed by atoms with Crippen LogP contribution in [0.1, 0.15) is 56.0 Å². The van der Waals surface area contributed by atoms with E-state index in [1.165, 1.54) is 12.1 Å². The molecule has 1 aliphatic carbocycles. The molecule has 2 saturated heterocycles. The molecule has 0 spiro atoms. The van der Waals surface area contributed by atoms with E-state index in [0.29, 0.717) is 40.7 Å².